The largest absolute Gasteiger partial charge is 0.356 e. The van der Waals surface area contributed by atoms with Crippen LogP contribution in [-0.2, 0) is 6.54 Å². The van der Waals surface area contributed by atoms with Gasteiger partial charge in [0.2, 0.25) is 0 Å². The van der Waals surface area contributed by atoms with E-state index in [4.69, 9.17) is 4.98 Å². The maximum atomic E-state index is 4.79. The van der Waals surface area contributed by atoms with Crippen molar-refractivity contribution in [2.75, 3.05) is 11.9 Å². The number of hydrogen-bond donors (Lipinski definition) is 1. The van der Waals surface area contributed by atoms with Crippen molar-refractivity contribution in [3.63, 3.8) is 0 Å². The Labute approximate surface area is 126 Å². The molecular formula is C18H23N3. The zero-order valence-electron chi connectivity index (χ0n) is 12.7. The molecule has 3 nitrogen and oxygen atoms in total. The minimum atomic E-state index is 0.677. The van der Waals surface area contributed by atoms with Crippen LogP contribution in [-0.4, -0.2) is 24.1 Å². The summed E-state index contributed by atoms with van der Waals surface area (Å²) < 4.78 is 0. The Morgan fingerprint density at radius 3 is 2.57 bits per heavy atom. The summed E-state index contributed by atoms with van der Waals surface area (Å²) in [6.45, 7) is 0.936. The van der Waals surface area contributed by atoms with Gasteiger partial charge in [-0.05, 0) is 43.1 Å². The fraction of sp³-hybridized carbons (Fsp3) is 0.500. The van der Waals surface area contributed by atoms with E-state index in [0.717, 1.165) is 18.4 Å². The third-order valence-electron chi connectivity index (χ3n) is 4.97. The highest BCUT2D eigenvalue weighted by atomic mass is 15.2. The van der Waals surface area contributed by atoms with E-state index < -0.39 is 0 Å². The summed E-state index contributed by atoms with van der Waals surface area (Å²) in [5.74, 6) is 1.14. The maximum absolute atomic E-state index is 4.79. The molecule has 2 fully saturated rings. The lowest BCUT2D eigenvalue weighted by atomic mass is 9.91. The number of benzene rings is 1. The summed E-state index contributed by atoms with van der Waals surface area (Å²) in [5.41, 5.74) is 1.32. The van der Waals surface area contributed by atoms with Gasteiger partial charge in [0.15, 0.2) is 0 Å². The number of nitrogens with zero attached hydrogens (tertiary/aromatic N) is 2. The predicted molar refractivity (Wildman–Crippen MR) is 87.6 cm³/mol. The van der Waals surface area contributed by atoms with Gasteiger partial charge in [-0.1, -0.05) is 24.3 Å². The van der Waals surface area contributed by atoms with Crippen LogP contribution in [0.3, 0.4) is 0 Å². The van der Waals surface area contributed by atoms with Gasteiger partial charge >= 0.3 is 0 Å². The van der Waals surface area contributed by atoms with Gasteiger partial charge < -0.3 is 10.2 Å². The molecule has 110 valence electrons. The summed E-state index contributed by atoms with van der Waals surface area (Å²) in [4.78, 5) is 7.17. The van der Waals surface area contributed by atoms with Gasteiger partial charge in [0, 0.05) is 37.3 Å². The van der Waals surface area contributed by atoms with E-state index in [1.54, 1.807) is 0 Å². The quantitative estimate of drug-likeness (QED) is 0.909. The first-order chi connectivity index (χ1) is 10.3. The first-order valence-corrected chi connectivity index (χ1v) is 8.16. The van der Waals surface area contributed by atoms with Crippen LogP contribution in [0.5, 0.6) is 0 Å². The number of pyridine rings is 1. The second kappa shape index (κ2) is 5.30. The fourth-order valence-electron chi connectivity index (χ4n) is 3.15. The van der Waals surface area contributed by atoms with E-state index in [2.05, 4.69) is 47.7 Å². The fourth-order valence-corrected chi connectivity index (χ4v) is 3.15. The maximum Gasteiger partial charge on any atom is 0.136 e. The summed E-state index contributed by atoms with van der Waals surface area (Å²) in [6, 6.07) is 10.1. The second-order valence-corrected chi connectivity index (χ2v) is 6.50. The molecule has 0 radical (unpaired) electrons. The number of rotatable bonds is 5. The zero-order chi connectivity index (χ0) is 14.2. The monoisotopic (exact) mass is 281 g/mol. The van der Waals surface area contributed by atoms with Gasteiger partial charge in [-0.2, -0.15) is 0 Å². The average molecular weight is 281 g/mol. The Bertz CT molecular complexity index is 644. The van der Waals surface area contributed by atoms with Crippen LogP contribution < -0.4 is 10.2 Å². The normalized spacial score (nSPS) is 18.7. The van der Waals surface area contributed by atoms with Crippen LogP contribution in [0.2, 0.25) is 0 Å². The van der Waals surface area contributed by atoms with Gasteiger partial charge in [0.25, 0.3) is 0 Å². The van der Waals surface area contributed by atoms with Gasteiger partial charge in [-0.3, -0.25) is 0 Å². The summed E-state index contributed by atoms with van der Waals surface area (Å²) >= 11 is 0. The van der Waals surface area contributed by atoms with E-state index in [1.165, 1.54) is 48.4 Å². The minimum absolute atomic E-state index is 0.677. The third-order valence-corrected chi connectivity index (χ3v) is 4.97. The Balaban J connectivity index is 1.69. The molecule has 0 atom stereocenters. The summed E-state index contributed by atoms with van der Waals surface area (Å²) in [6.07, 6.45) is 8.69. The van der Waals surface area contributed by atoms with Crippen molar-refractivity contribution >= 4 is 16.6 Å². The lowest BCUT2D eigenvalue weighted by Crippen LogP contribution is -2.37. The lowest BCUT2D eigenvalue weighted by molar-refractivity contribution is 0.400. The number of anilines is 1. The van der Waals surface area contributed by atoms with Gasteiger partial charge in [-0.15, -0.1) is 0 Å². The Hall–Kier alpha value is -1.61. The highest BCUT2D eigenvalue weighted by Crippen LogP contribution is 2.32. The van der Waals surface area contributed by atoms with Crippen molar-refractivity contribution in [1.29, 1.82) is 0 Å². The molecule has 2 aliphatic rings. The average Bonchev–Trinajstić information content (AvgIpc) is 3.27. The first kappa shape index (κ1) is 13.1. The molecular weight excluding hydrogens is 258 g/mol. The molecule has 4 rings (SSSR count). The Kier molecular flexibility index (Phi) is 3.30. The Morgan fingerprint density at radius 1 is 1.14 bits per heavy atom. The SMILES string of the molecule is CN(c1ncc(CNC2CC2)c2ccccc12)C1CCC1. The molecule has 1 heterocycles. The highest BCUT2D eigenvalue weighted by molar-refractivity contribution is 5.94. The number of nitrogens with one attached hydrogen (secondary N) is 1. The molecule has 1 aromatic heterocycles. The molecule has 0 aliphatic heterocycles. The van der Waals surface area contributed by atoms with Crippen molar-refractivity contribution in [3.8, 4) is 0 Å². The molecule has 21 heavy (non-hydrogen) atoms. The van der Waals surface area contributed by atoms with E-state index in [-0.39, 0.29) is 0 Å². The van der Waals surface area contributed by atoms with Crippen molar-refractivity contribution in [2.24, 2.45) is 0 Å². The van der Waals surface area contributed by atoms with Crippen LogP contribution >= 0.6 is 0 Å². The molecule has 1 N–H and O–H groups in total. The standard InChI is InChI=1S/C18H23N3/c1-21(15-5-4-6-15)18-17-8-3-2-7-16(17)13(12-20-18)11-19-14-9-10-14/h2-3,7-8,12,14-15,19H,4-6,9-11H2,1H3. The van der Waals surface area contributed by atoms with Gasteiger partial charge in [-0.25, -0.2) is 4.98 Å². The van der Waals surface area contributed by atoms with E-state index in [1.807, 2.05) is 0 Å². The van der Waals surface area contributed by atoms with Crippen molar-refractivity contribution < 1.29 is 0 Å². The van der Waals surface area contributed by atoms with Gasteiger partial charge in [0.1, 0.15) is 5.82 Å². The third kappa shape index (κ3) is 2.51. The first-order valence-electron chi connectivity index (χ1n) is 8.16. The molecule has 2 aliphatic carbocycles. The van der Waals surface area contributed by atoms with E-state index in [9.17, 15) is 0 Å². The summed E-state index contributed by atoms with van der Waals surface area (Å²) in [7, 11) is 2.20. The predicted octanol–water partition coefficient (Wildman–Crippen LogP) is 3.48. The second-order valence-electron chi connectivity index (χ2n) is 6.50. The number of fused-ring (bicyclic) bond motifs is 1. The molecule has 0 bridgehead atoms. The van der Waals surface area contributed by atoms with E-state index in [0.29, 0.717) is 6.04 Å². The molecule has 0 spiro atoms. The smallest absolute Gasteiger partial charge is 0.136 e. The molecule has 2 saturated carbocycles. The number of hydrogen-bond acceptors (Lipinski definition) is 3. The zero-order valence-corrected chi connectivity index (χ0v) is 12.7. The van der Waals surface area contributed by atoms with Crippen LogP contribution in [0, 0.1) is 0 Å². The van der Waals surface area contributed by atoms with Crippen LogP contribution in [0.25, 0.3) is 10.8 Å². The minimum Gasteiger partial charge on any atom is -0.356 e. The van der Waals surface area contributed by atoms with E-state index >= 15 is 0 Å². The molecule has 0 amide bonds. The van der Waals surface area contributed by atoms with Crippen LogP contribution in [0.15, 0.2) is 30.5 Å². The van der Waals surface area contributed by atoms with Crippen molar-refractivity contribution in [3.05, 3.63) is 36.0 Å². The summed E-state index contributed by atoms with van der Waals surface area (Å²) in [5, 5.41) is 6.25. The molecule has 0 saturated heterocycles. The van der Waals surface area contributed by atoms with Crippen molar-refractivity contribution in [2.45, 2.75) is 50.7 Å². The number of aromatic nitrogens is 1. The van der Waals surface area contributed by atoms with Crippen LogP contribution in [0.4, 0.5) is 5.82 Å². The van der Waals surface area contributed by atoms with Gasteiger partial charge in [0.05, 0.1) is 0 Å². The van der Waals surface area contributed by atoms with Crippen LogP contribution in [0.1, 0.15) is 37.7 Å². The molecule has 1 aromatic carbocycles. The van der Waals surface area contributed by atoms with Crippen molar-refractivity contribution in [1.82, 2.24) is 10.3 Å². The molecule has 3 heteroatoms. The topological polar surface area (TPSA) is 28.2 Å². The highest BCUT2D eigenvalue weighted by Gasteiger charge is 2.25. The Morgan fingerprint density at radius 2 is 1.90 bits per heavy atom. The lowest BCUT2D eigenvalue weighted by Gasteiger charge is -2.36. The molecule has 2 aromatic rings. The molecule has 0 unspecified atom stereocenters.